The average Bonchev–Trinajstić information content (AvgIpc) is 3.03. The first-order valence-electron chi connectivity index (χ1n) is 7.05. The van der Waals surface area contributed by atoms with Gasteiger partial charge in [-0.3, -0.25) is 0 Å². The molecule has 3 rings (SSSR count). The summed E-state index contributed by atoms with van der Waals surface area (Å²) in [6.45, 7) is 5.58. The monoisotopic (exact) mass is 364 g/mol. The molecular formula is C15H14Cl2N6O. The Balaban J connectivity index is 2.06. The van der Waals surface area contributed by atoms with Gasteiger partial charge < -0.3 is 5.11 Å². The molecule has 0 unspecified atom stereocenters. The van der Waals surface area contributed by atoms with Gasteiger partial charge in [-0.2, -0.15) is 14.9 Å². The SMILES string of the molecule is Cc1cc(C)n(-c2nnc(C)n2N=Cc2cc(Cl)cc(Cl)c2O)n1. The number of phenolic OH excluding ortho intramolecular Hbond substituents is 1. The number of aromatic nitrogens is 5. The van der Waals surface area contributed by atoms with Gasteiger partial charge in [0.2, 0.25) is 0 Å². The highest BCUT2D eigenvalue weighted by molar-refractivity contribution is 6.36. The van der Waals surface area contributed by atoms with Crippen molar-refractivity contribution < 1.29 is 5.11 Å². The summed E-state index contributed by atoms with van der Waals surface area (Å²) in [6, 6.07) is 4.96. The summed E-state index contributed by atoms with van der Waals surface area (Å²) in [6.07, 6.45) is 1.44. The number of nitrogens with zero attached hydrogens (tertiary/aromatic N) is 6. The predicted molar refractivity (Wildman–Crippen MR) is 92.5 cm³/mol. The van der Waals surface area contributed by atoms with Gasteiger partial charge in [-0.1, -0.05) is 23.2 Å². The van der Waals surface area contributed by atoms with Crippen LogP contribution in [0.25, 0.3) is 5.95 Å². The molecule has 0 amide bonds. The molecule has 0 spiro atoms. The molecule has 0 saturated heterocycles. The summed E-state index contributed by atoms with van der Waals surface area (Å²) in [5.41, 5.74) is 2.16. The van der Waals surface area contributed by atoms with Crippen LogP contribution in [0.1, 0.15) is 22.8 Å². The van der Waals surface area contributed by atoms with E-state index in [2.05, 4.69) is 20.4 Å². The number of phenols is 1. The van der Waals surface area contributed by atoms with Crippen LogP contribution in [-0.2, 0) is 0 Å². The first-order valence-corrected chi connectivity index (χ1v) is 7.80. The number of halogens is 2. The molecule has 0 saturated carbocycles. The van der Waals surface area contributed by atoms with Gasteiger partial charge in [-0.25, -0.2) is 4.68 Å². The van der Waals surface area contributed by atoms with E-state index in [1.54, 1.807) is 17.7 Å². The fourth-order valence-electron chi connectivity index (χ4n) is 2.25. The van der Waals surface area contributed by atoms with E-state index in [1.807, 2.05) is 19.9 Å². The number of benzene rings is 1. The van der Waals surface area contributed by atoms with Gasteiger partial charge in [0, 0.05) is 16.3 Å². The minimum Gasteiger partial charge on any atom is -0.506 e. The fraction of sp³-hybridized carbons (Fsp3) is 0.200. The van der Waals surface area contributed by atoms with Gasteiger partial charge in [0.05, 0.1) is 16.9 Å². The van der Waals surface area contributed by atoms with E-state index in [0.717, 1.165) is 11.4 Å². The lowest BCUT2D eigenvalue weighted by atomic mass is 10.2. The number of hydrogen-bond donors (Lipinski definition) is 1. The van der Waals surface area contributed by atoms with Gasteiger partial charge in [0.1, 0.15) is 5.75 Å². The maximum absolute atomic E-state index is 10.0. The minimum absolute atomic E-state index is 0.0943. The van der Waals surface area contributed by atoms with Crippen molar-refractivity contribution in [2.75, 3.05) is 0 Å². The third-order valence-corrected chi connectivity index (χ3v) is 3.86. The van der Waals surface area contributed by atoms with Crippen molar-refractivity contribution in [2.45, 2.75) is 20.8 Å². The molecule has 7 nitrogen and oxygen atoms in total. The van der Waals surface area contributed by atoms with Crippen LogP contribution in [0.4, 0.5) is 0 Å². The first-order chi connectivity index (χ1) is 11.4. The molecule has 0 radical (unpaired) electrons. The van der Waals surface area contributed by atoms with E-state index in [-0.39, 0.29) is 10.8 Å². The second-order valence-corrected chi connectivity index (χ2v) is 6.11. The van der Waals surface area contributed by atoms with Crippen LogP contribution in [-0.4, -0.2) is 36.0 Å². The molecule has 0 bridgehead atoms. The van der Waals surface area contributed by atoms with Gasteiger partial charge in [0.25, 0.3) is 5.95 Å². The van der Waals surface area contributed by atoms with Gasteiger partial charge in [-0.15, -0.1) is 10.2 Å². The summed E-state index contributed by atoms with van der Waals surface area (Å²) in [7, 11) is 0. The third kappa shape index (κ3) is 3.00. The molecule has 124 valence electrons. The van der Waals surface area contributed by atoms with Crippen LogP contribution in [0.3, 0.4) is 0 Å². The Morgan fingerprint density at radius 2 is 1.88 bits per heavy atom. The van der Waals surface area contributed by atoms with E-state index >= 15 is 0 Å². The molecule has 0 aliphatic carbocycles. The van der Waals surface area contributed by atoms with Crippen molar-refractivity contribution in [3.8, 4) is 11.7 Å². The summed E-state index contributed by atoms with van der Waals surface area (Å²) < 4.78 is 3.17. The van der Waals surface area contributed by atoms with Crippen molar-refractivity contribution in [1.82, 2.24) is 24.7 Å². The van der Waals surface area contributed by atoms with Crippen LogP contribution in [0.2, 0.25) is 10.0 Å². The van der Waals surface area contributed by atoms with Crippen molar-refractivity contribution in [2.24, 2.45) is 5.10 Å². The Morgan fingerprint density at radius 1 is 1.12 bits per heavy atom. The lowest BCUT2D eigenvalue weighted by Gasteiger charge is -2.05. The molecule has 9 heteroatoms. The lowest BCUT2D eigenvalue weighted by Crippen LogP contribution is -2.08. The molecule has 1 N–H and O–H groups in total. The number of hydrogen-bond acceptors (Lipinski definition) is 5. The van der Waals surface area contributed by atoms with Gasteiger partial charge in [-0.05, 0) is 39.0 Å². The van der Waals surface area contributed by atoms with Gasteiger partial charge >= 0.3 is 0 Å². The number of aryl methyl sites for hydroxylation is 3. The molecule has 0 aliphatic heterocycles. The largest absolute Gasteiger partial charge is 0.506 e. The molecule has 2 heterocycles. The highest BCUT2D eigenvalue weighted by Crippen LogP contribution is 2.30. The van der Waals surface area contributed by atoms with E-state index < -0.39 is 0 Å². The molecule has 0 atom stereocenters. The van der Waals surface area contributed by atoms with E-state index in [0.29, 0.717) is 22.4 Å². The molecule has 0 fully saturated rings. The first kappa shape index (κ1) is 16.5. The predicted octanol–water partition coefficient (Wildman–Crippen LogP) is 3.28. The Morgan fingerprint density at radius 3 is 2.54 bits per heavy atom. The summed E-state index contributed by atoms with van der Waals surface area (Å²) in [5, 5.41) is 27.4. The molecular weight excluding hydrogens is 351 g/mol. The van der Waals surface area contributed by atoms with E-state index in [9.17, 15) is 5.11 Å². The Bertz CT molecular complexity index is 944. The normalized spacial score (nSPS) is 11.5. The summed E-state index contributed by atoms with van der Waals surface area (Å²) in [4.78, 5) is 0. The van der Waals surface area contributed by atoms with Crippen LogP contribution in [0.15, 0.2) is 23.3 Å². The Hall–Kier alpha value is -2.38. The van der Waals surface area contributed by atoms with Crippen molar-refractivity contribution in [3.63, 3.8) is 0 Å². The van der Waals surface area contributed by atoms with Crippen molar-refractivity contribution in [1.29, 1.82) is 0 Å². The Kier molecular flexibility index (Phi) is 4.29. The third-order valence-electron chi connectivity index (χ3n) is 3.35. The van der Waals surface area contributed by atoms with Crippen LogP contribution in [0.5, 0.6) is 5.75 Å². The van der Waals surface area contributed by atoms with Crippen molar-refractivity contribution >= 4 is 29.4 Å². The van der Waals surface area contributed by atoms with Gasteiger partial charge in [0.15, 0.2) is 5.82 Å². The summed E-state index contributed by atoms with van der Waals surface area (Å²) in [5.74, 6) is 0.923. The van der Waals surface area contributed by atoms with E-state index in [1.165, 1.54) is 17.0 Å². The fourth-order valence-corrected chi connectivity index (χ4v) is 2.76. The second kappa shape index (κ2) is 6.26. The van der Waals surface area contributed by atoms with Crippen molar-refractivity contribution in [3.05, 3.63) is 51.0 Å². The molecule has 2 aromatic heterocycles. The number of aromatic hydroxyl groups is 1. The quantitative estimate of drug-likeness (QED) is 0.723. The highest BCUT2D eigenvalue weighted by Gasteiger charge is 2.14. The maximum atomic E-state index is 10.0. The van der Waals surface area contributed by atoms with Crippen LogP contribution < -0.4 is 0 Å². The molecule has 24 heavy (non-hydrogen) atoms. The maximum Gasteiger partial charge on any atom is 0.273 e. The highest BCUT2D eigenvalue weighted by atomic mass is 35.5. The average molecular weight is 365 g/mol. The zero-order chi connectivity index (χ0) is 17.4. The van der Waals surface area contributed by atoms with Crippen LogP contribution >= 0.6 is 23.2 Å². The standard InChI is InChI=1S/C15H14Cl2N6O/c1-8-4-9(2)22(21-8)15-20-19-10(3)23(15)18-7-11-5-12(16)6-13(17)14(11)24/h4-7,24H,1-3H3. The van der Waals surface area contributed by atoms with E-state index in [4.69, 9.17) is 23.2 Å². The Labute approximate surface area is 148 Å². The summed E-state index contributed by atoms with van der Waals surface area (Å²) >= 11 is 11.9. The number of rotatable bonds is 3. The zero-order valence-corrected chi connectivity index (χ0v) is 14.7. The molecule has 3 aromatic rings. The zero-order valence-electron chi connectivity index (χ0n) is 13.2. The lowest BCUT2D eigenvalue weighted by molar-refractivity contribution is 0.474. The topological polar surface area (TPSA) is 81.1 Å². The van der Waals surface area contributed by atoms with Crippen LogP contribution in [0, 0.1) is 20.8 Å². The second-order valence-electron chi connectivity index (χ2n) is 5.27. The smallest absolute Gasteiger partial charge is 0.273 e. The molecule has 1 aromatic carbocycles. The minimum atomic E-state index is -0.0943. The molecule has 0 aliphatic rings.